The summed E-state index contributed by atoms with van der Waals surface area (Å²) in [5, 5.41) is 0. The zero-order valence-corrected chi connectivity index (χ0v) is 12.8. The largest absolute Gasteiger partial charge is 0.299 e. The molecule has 1 aliphatic heterocycles. The van der Waals surface area contributed by atoms with Crippen molar-refractivity contribution in [2.45, 2.75) is 13.5 Å². The number of sulfonamides is 1. The van der Waals surface area contributed by atoms with Gasteiger partial charge in [-0.1, -0.05) is 12.1 Å². The summed E-state index contributed by atoms with van der Waals surface area (Å²) >= 11 is 0. The number of ketones is 1. The van der Waals surface area contributed by atoms with E-state index < -0.39 is 15.8 Å². The lowest BCUT2D eigenvalue weighted by molar-refractivity contribution is -0.114. The van der Waals surface area contributed by atoms with E-state index in [0.717, 1.165) is 5.56 Å². The zero-order chi connectivity index (χ0) is 15.5. The number of benzene rings is 1. The number of hydrogen-bond acceptors (Lipinski definition) is 4. The maximum absolute atomic E-state index is 12.8. The molecule has 0 radical (unpaired) electrons. The van der Waals surface area contributed by atoms with Crippen LogP contribution in [0.4, 0.5) is 4.39 Å². The first-order chi connectivity index (χ1) is 9.87. The van der Waals surface area contributed by atoms with Crippen LogP contribution in [-0.4, -0.2) is 55.3 Å². The summed E-state index contributed by atoms with van der Waals surface area (Å²) in [4.78, 5) is 13.1. The number of carbonyl (C=O) groups excluding carboxylic acids is 1. The van der Waals surface area contributed by atoms with E-state index in [4.69, 9.17) is 0 Å². The van der Waals surface area contributed by atoms with Gasteiger partial charge in [0, 0.05) is 32.7 Å². The lowest BCUT2D eigenvalue weighted by Crippen LogP contribution is -2.49. The number of halogens is 1. The van der Waals surface area contributed by atoms with Crippen LogP contribution in [0.2, 0.25) is 0 Å². The minimum atomic E-state index is -3.48. The molecular weight excluding hydrogens is 295 g/mol. The molecule has 2 rings (SSSR count). The smallest absolute Gasteiger partial charge is 0.221 e. The Morgan fingerprint density at radius 3 is 2.24 bits per heavy atom. The molecule has 116 valence electrons. The van der Waals surface area contributed by atoms with Crippen LogP contribution in [0.5, 0.6) is 0 Å². The minimum absolute atomic E-state index is 0.265. The second-order valence-electron chi connectivity index (χ2n) is 5.26. The van der Waals surface area contributed by atoms with Gasteiger partial charge >= 0.3 is 0 Å². The Kier molecular flexibility index (Phi) is 5.08. The molecular formula is C14H19FN2O3S. The molecule has 0 spiro atoms. The van der Waals surface area contributed by atoms with Crippen LogP contribution in [-0.2, 0) is 21.4 Å². The standard InChI is InChI=1S/C14H19FN2O3S/c1-12(18)11-21(19,20)17-8-6-16(7-9-17)10-13-2-4-14(15)5-3-13/h2-5H,6-11H2,1H3. The average molecular weight is 314 g/mol. The fraction of sp³-hybridized carbons (Fsp3) is 0.500. The topological polar surface area (TPSA) is 57.7 Å². The van der Waals surface area contributed by atoms with E-state index >= 15 is 0 Å². The second-order valence-corrected chi connectivity index (χ2v) is 7.23. The Hall–Kier alpha value is -1.31. The summed E-state index contributed by atoms with van der Waals surface area (Å²) < 4.78 is 38.1. The molecule has 1 aliphatic rings. The lowest BCUT2D eigenvalue weighted by Gasteiger charge is -2.33. The molecule has 0 saturated carbocycles. The van der Waals surface area contributed by atoms with Crippen molar-refractivity contribution in [3.8, 4) is 0 Å². The van der Waals surface area contributed by atoms with Gasteiger partial charge in [0.25, 0.3) is 0 Å². The molecule has 0 atom stereocenters. The monoisotopic (exact) mass is 314 g/mol. The van der Waals surface area contributed by atoms with Crippen molar-refractivity contribution in [1.82, 2.24) is 9.21 Å². The van der Waals surface area contributed by atoms with Gasteiger partial charge in [0.15, 0.2) is 0 Å². The third-order valence-corrected chi connectivity index (χ3v) is 5.35. The summed E-state index contributed by atoms with van der Waals surface area (Å²) in [6.07, 6.45) is 0. The molecule has 0 N–H and O–H groups in total. The molecule has 21 heavy (non-hydrogen) atoms. The fourth-order valence-electron chi connectivity index (χ4n) is 2.36. The quantitative estimate of drug-likeness (QED) is 0.809. The first kappa shape index (κ1) is 16.1. The SMILES string of the molecule is CC(=O)CS(=O)(=O)N1CCN(Cc2ccc(F)cc2)CC1. The Bertz CT molecular complexity index is 593. The van der Waals surface area contributed by atoms with Gasteiger partial charge in [-0.3, -0.25) is 9.69 Å². The van der Waals surface area contributed by atoms with Crippen LogP contribution in [0.1, 0.15) is 12.5 Å². The maximum atomic E-state index is 12.8. The highest BCUT2D eigenvalue weighted by Gasteiger charge is 2.27. The molecule has 1 saturated heterocycles. The molecule has 1 heterocycles. The molecule has 5 nitrogen and oxygen atoms in total. The van der Waals surface area contributed by atoms with Crippen molar-refractivity contribution in [3.05, 3.63) is 35.6 Å². The Labute approximate surface area is 124 Å². The van der Waals surface area contributed by atoms with E-state index in [1.807, 2.05) is 0 Å². The first-order valence-electron chi connectivity index (χ1n) is 6.81. The molecule has 1 aromatic carbocycles. The van der Waals surface area contributed by atoms with Gasteiger partial charge < -0.3 is 0 Å². The first-order valence-corrected chi connectivity index (χ1v) is 8.42. The summed E-state index contributed by atoms with van der Waals surface area (Å²) in [6.45, 7) is 3.93. The van der Waals surface area contributed by atoms with Gasteiger partial charge in [0.05, 0.1) is 0 Å². The van der Waals surface area contributed by atoms with Crippen molar-refractivity contribution in [2.75, 3.05) is 31.9 Å². The number of hydrogen-bond donors (Lipinski definition) is 0. The fourth-order valence-corrected chi connectivity index (χ4v) is 3.78. The van der Waals surface area contributed by atoms with Crippen molar-refractivity contribution >= 4 is 15.8 Å². The summed E-state index contributed by atoms with van der Waals surface area (Å²) in [6, 6.07) is 6.30. The van der Waals surface area contributed by atoms with E-state index in [1.54, 1.807) is 12.1 Å². The van der Waals surface area contributed by atoms with Gasteiger partial charge in [0.2, 0.25) is 10.0 Å². The van der Waals surface area contributed by atoms with Crippen LogP contribution in [0, 0.1) is 5.82 Å². The van der Waals surface area contributed by atoms with E-state index in [0.29, 0.717) is 32.7 Å². The van der Waals surface area contributed by atoms with Crippen LogP contribution in [0.15, 0.2) is 24.3 Å². The number of carbonyl (C=O) groups is 1. The van der Waals surface area contributed by atoms with Crippen molar-refractivity contribution in [3.63, 3.8) is 0 Å². The highest BCUT2D eigenvalue weighted by atomic mass is 32.2. The van der Waals surface area contributed by atoms with E-state index in [2.05, 4.69) is 4.90 Å². The molecule has 0 aromatic heterocycles. The van der Waals surface area contributed by atoms with Gasteiger partial charge in [-0.25, -0.2) is 12.8 Å². The van der Waals surface area contributed by atoms with Crippen LogP contribution in [0.25, 0.3) is 0 Å². The molecule has 0 aliphatic carbocycles. The maximum Gasteiger partial charge on any atom is 0.221 e. The predicted octanol–water partition coefficient (Wildman–Crippen LogP) is 0.862. The van der Waals surface area contributed by atoms with Crippen molar-refractivity contribution in [2.24, 2.45) is 0 Å². The van der Waals surface area contributed by atoms with Gasteiger partial charge in [0.1, 0.15) is 17.4 Å². The highest BCUT2D eigenvalue weighted by molar-refractivity contribution is 7.89. The number of piperazine rings is 1. The molecule has 1 aromatic rings. The molecule has 1 fully saturated rings. The normalized spacial score (nSPS) is 17.8. The summed E-state index contributed by atoms with van der Waals surface area (Å²) in [5.74, 6) is -1.03. The summed E-state index contributed by atoms with van der Waals surface area (Å²) in [7, 11) is -3.48. The predicted molar refractivity (Wildman–Crippen MR) is 77.7 cm³/mol. The number of rotatable bonds is 5. The zero-order valence-electron chi connectivity index (χ0n) is 12.0. The van der Waals surface area contributed by atoms with E-state index in [-0.39, 0.29) is 11.6 Å². The molecule has 0 amide bonds. The van der Waals surface area contributed by atoms with Gasteiger partial charge in [-0.05, 0) is 24.6 Å². The van der Waals surface area contributed by atoms with E-state index in [1.165, 1.54) is 23.4 Å². The van der Waals surface area contributed by atoms with Crippen molar-refractivity contribution in [1.29, 1.82) is 0 Å². The van der Waals surface area contributed by atoms with Gasteiger partial charge in [-0.15, -0.1) is 0 Å². The summed E-state index contributed by atoms with van der Waals surface area (Å²) in [5.41, 5.74) is 0.997. The minimum Gasteiger partial charge on any atom is -0.299 e. The van der Waals surface area contributed by atoms with Crippen LogP contribution < -0.4 is 0 Å². The number of Topliss-reactive ketones (excluding diaryl/α,β-unsaturated/α-hetero) is 1. The highest BCUT2D eigenvalue weighted by Crippen LogP contribution is 2.12. The Morgan fingerprint density at radius 1 is 1.14 bits per heavy atom. The Morgan fingerprint density at radius 2 is 1.71 bits per heavy atom. The lowest BCUT2D eigenvalue weighted by atomic mass is 10.2. The van der Waals surface area contributed by atoms with Gasteiger partial charge in [-0.2, -0.15) is 4.31 Å². The molecule has 7 heteroatoms. The third kappa shape index (κ3) is 4.59. The van der Waals surface area contributed by atoms with Crippen molar-refractivity contribution < 1.29 is 17.6 Å². The number of nitrogens with zero attached hydrogens (tertiary/aromatic N) is 2. The molecule has 0 bridgehead atoms. The average Bonchev–Trinajstić information content (AvgIpc) is 2.41. The van der Waals surface area contributed by atoms with Crippen LogP contribution >= 0.6 is 0 Å². The molecule has 0 unspecified atom stereocenters. The third-order valence-electron chi connectivity index (χ3n) is 3.43. The second kappa shape index (κ2) is 6.64. The Balaban J connectivity index is 1.88. The van der Waals surface area contributed by atoms with Crippen LogP contribution in [0.3, 0.4) is 0 Å². The van der Waals surface area contributed by atoms with E-state index in [9.17, 15) is 17.6 Å².